The lowest BCUT2D eigenvalue weighted by molar-refractivity contribution is -0.0287. The van der Waals surface area contributed by atoms with Gasteiger partial charge in [-0.25, -0.2) is 0 Å². The minimum atomic E-state index is -0.245. The fourth-order valence-electron chi connectivity index (χ4n) is 2.72. The Kier molecular flexibility index (Phi) is 3.80. The molecule has 0 radical (unpaired) electrons. The predicted molar refractivity (Wildman–Crippen MR) is 65.2 cm³/mol. The zero-order valence-electron chi connectivity index (χ0n) is 10.4. The average molecular weight is 222 g/mol. The maximum Gasteiger partial charge on any atom is 0.215 e. The van der Waals surface area contributed by atoms with Crippen molar-refractivity contribution in [2.45, 2.75) is 45.1 Å². The quantitative estimate of drug-likeness (QED) is 0.293. The molecule has 3 atom stereocenters. The molecule has 0 amide bonds. The number of fused-ring (bicyclic) bond motifs is 2. The molecule has 2 aliphatic carbocycles. The molecule has 0 aromatic rings. The highest BCUT2D eigenvalue weighted by Gasteiger charge is 2.45. The molecule has 1 saturated carbocycles. The average Bonchev–Trinajstić information content (AvgIpc) is 2.87. The third kappa shape index (κ3) is 2.22. The van der Waals surface area contributed by atoms with Gasteiger partial charge in [-0.1, -0.05) is 25.5 Å². The number of unbranched alkanes of at least 4 members (excludes halogenated alkanes) is 1. The van der Waals surface area contributed by atoms with Gasteiger partial charge in [0.15, 0.2) is 0 Å². The van der Waals surface area contributed by atoms with Crippen molar-refractivity contribution < 1.29 is 9.16 Å². The lowest BCUT2D eigenvalue weighted by Gasteiger charge is -2.36. The summed E-state index contributed by atoms with van der Waals surface area (Å²) in [6, 6.07) is 0. The molecule has 1 fully saturated rings. The van der Waals surface area contributed by atoms with Gasteiger partial charge in [0.05, 0.1) is 0 Å². The van der Waals surface area contributed by atoms with E-state index in [4.69, 9.17) is 9.16 Å². The number of hydrogen-bond donors (Lipinski definition) is 0. The maximum absolute atomic E-state index is 6.08. The van der Waals surface area contributed by atoms with Crippen molar-refractivity contribution in [1.29, 1.82) is 0 Å². The van der Waals surface area contributed by atoms with E-state index < -0.39 is 0 Å². The van der Waals surface area contributed by atoms with Crippen LogP contribution in [0, 0.1) is 11.8 Å². The first kappa shape index (κ1) is 11.8. The van der Waals surface area contributed by atoms with Crippen LogP contribution in [-0.2, 0) is 9.16 Å². The fraction of sp³-hybridized carbons (Fsp3) is 0.786. The van der Waals surface area contributed by atoms with Crippen molar-refractivity contribution in [2.24, 2.45) is 11.8 Å². The normalized spacial score (nSPS) is 36.6. The molecule has 90 valence electrons. The third-order valence-corrected chi connectivity index (χ3v) is 3.58. The van der Waals surface area contributed by atoms with Crippen molar-refractivity contribution in [2.75, 3.05) is 13.2 Å². The Labute approximate surface area is 98.4 Å². The number of allylic oxidation sites excluding steroid dienone is 1. The topological polar surface area (TPSA) is 20.5 Å². The Morgan fingerprint density at radius 1 is 1.44 bits per heavy atom. The molecular weight excluding hydrogens is 200 g/mol. The first-order chi connectivity index (χ1) is 7.80. The van der Waals surface area contributed by atoms with Gasteiger partial charge in [0.1, 0.15) is 0 Å². The zero-order valence-corrected chi connectivity index (χ0v) is 10.4. The first-order valence-corrected chi connectivity index (χ1v) is 6.52. The molecule has 2 bridgehead atoms. The molecule has 0 heterocycles. The molecule has 2 rings (SSSR count). The van der Waals surface area contributed by atoms with E-state index >= 15 is 0 Å². The second-order valence-electron chi connectivity index (χ2n) is 4.82. The molecule has 0 aliphatic heterocycles. The van der Waals surface area contributed by atoms with Crippen LogP contribution in [0.15, 0.2) is 12.2 Å². The highest BCUT2D eigenvalue weighted by Crippen LogP contribution is 2.47. The van der Waals surface area contributed by atoms with Gasteiger partial charge >= 0.3 is 0 Å². The fourth-order valence-corrected chi connectivity index (χ4v) is 2.72. The monoisotopic (exact) mass is 222 g/mol. The van der Waals surface area contributed by atoms with Crippen LogP contribution in [0.25, 0.3) is 0 Å². The molecule has 0 aromatic carbocycles. The zero-order chi connectivity index (χ0) is 11.4. The van der Waals surface area contributed by atoms with Gasteiger partial charge in [-0.2, -0.15) is 0 Å². The van der Waals surface area contributed by atoms with Gasteiger partial charge in [0.25, 0.3) is 0 Å². The largest absolute Gasteiger partial charge is 0.454 e. The van der Waals surface area contributed by atoms with E-state index in [0.29, 0.717) is 18.4 Å². The van der Waals surface area contributed by atoms with Crippen LogP contribution in [-0.4, -0.2) is 25.1 Å². The number of carbonyl (C=O) groups excluding carboxylic acids is 1. The van der Waals surface area contributed by atoms with Gasteiger partial charge in [-0.15, -0.1) is 0 Å². The Bertz CT molecular complexity index is 282. The van der Waals surface area contributed by atoms with Crippen LogP contribution in [0.5, 0.6) is 0 Å². The Hall–Kier alpha value is -0.630. The molecule has 0 unspecified atom stereocenters. The highest BCUT2D eigenvalue weighted by atomic mass is 16.5. The van der Waals surface area contributed by atoms with Crippen LogP contribution in [0.3, 0.4) is 0 Å². The smallest absolute Gasteiger partial charge is 0.215 e. The summed E-state index contributed by atoms with van der Waals surface area (Å²) in [6.45, 7) is 5.69. The van der Waals surface area contributed by atoms with Crippen LogP contribution in [0.2, 0.25) is 0 Å². The summed E-state index contributed by atoms with van der Waals surface area (Å²) in [7, 11) is 0. The second-order valence-corrected chi connectivity index (χ2v) is 4.82. The van der Waals surface area contributed by atoms with E-state index in [-0.39, 0.29) is 5.60 Å². The minimum Gasteiger partial charge on any atom is -0.454 e. The van der Waals surface area contributed by atoms with Crippen molar-refractivity contribution in [3.05, 3.63) is 12.2 Å². The predicted octanol–water partition coefficient (Wildman–Crippen LogP) is 2.80. The molecule has 16 heavy (non-hydrogen) atoms. The SMILES string of the molecule is CCCCO[C@@]1([C-]=[O+]CC)C[C@@H]2C=C[C@H]1C2. The van der Waals surface area contributed by atoms with Gasteiger partial charge in [0, 0.05) is 25.4 Å². The van der Waals surface area contributed by atoms with Crippen molar-refractivity contribution in [3.63, 3.8) is 0 Å². The minimum absolute atomic E-state index is 0.245. The maximum atomic E-state index is 6.08. The Morgan fingerprint density at radius 2 is 2.31 bits per heavy atom. The van der Waals surface area contributed by atoms with Crippen LogP contribution >= 0.6 is 0 Å². The van der Waals surface area contributed by atoms with Crippen molar-refractivity contribution >= 4 is 6.29 Å². The second kappa shape index (κ2) is 5.13. The van der Waals surface area contributed by atoms with E-state index in [1.165, 1.54) is 12.8 Å². The number of hydrogen-bond acceptors (Lipinski definition) is 1. The summed E-state index contributed by atoms with van der Waals surface area (Å²) >= 11 is 0. The Balaban J connectivity index is 2.02. The molecule has 0 saturated heterocycles. The molecule has 0 aromatic heterocycles. The number of ether oxygens (including phenoxy) is 1. The standard InChI is InChI=1S/C14H22O2/c1-3-5-8-16-14(11-15-4-2)10-12-6-7-13(14)9-12/h6-7,12-13H,3-5,8-10H2,1-2H3/t12-,13+,14-/m1/s1. The van der Waals surface area contributed by atoms with E-state index in [1.807, 2.05) is 6.92 Å². The van der Waals surface area contributed by atoms with Crippen LogP contribution in [0.4, 0.5) is 0 Å². The summed E-state index contributed by atoms with van der Waals surface area (Å²) < 4.78 is 11.5. The van der Waals surface area contributed by atoms with Crippen LogP contribution in [0.1, 0.15) is 39.5 Å². The summed E-state index contributed by atoms with van der Waals surface area (Å²) in [4.78, 5) is 0. The van der Waals surface area contributed by atoms with E-state index in [1.54, 1.807) is 0 Å². The number of rotatable bonds is 6. The first-order valence-electron chi connectivity index (χ1n) is 6.52. The molecule has 0 spiro atoms. The summed E-state index contributed by atoms with van der Waals surface area (Å²) in [5.74, 6) is 1.17. The van der Waals surface area contributed by atoms with E-state index in [0.717, 1.165) is 19.4 Å². The van der Waals surface area contributed by atoms with E-state index in [2.05, 4.69) is 25.4 Å². The summed E-state index contributed by atoms with van der Waals surface area (Å²) in [5.41, 5.74) is -0.245. The molecular formula is C14H22O2. The molecule has 2 aliphatic rings. The van der Waals surface area contributed by atoms with Crippen LogP contribution < -0.4 is 0 Å². The molecule has 2 nitrogen and oxygen atoms in total. The van der Waals surface area contributed by atoms with Gasteiger partial charge in [-0.3, -0.25) is 0 Å². The van der Waals surface area contributed by atoms with Gasteiger partial charge < -0.3 is 9.16 Å². The summed E-state index contributed by atoms with van der Waals surface area (Å²) in [5, 5.41) is 0. The third-order valence-electron chi connectivity index (χ3n) is 3.58. The highest BCUT2D eigenvalue weighted by molar-refractivity contribution is 5.67. The Morgan fingerprint density at radius 3 is 2.88 bits per heavy atom. The molecule has 2 heteroatoms. The summed E-state index contributed by atoms with van der Waals surface area (Å²) in [6.07, 6.45) is 12.3. The van der Waals surface area contributed by atoms with Crippen molar-refractivity contribution in [3.8, 4) is 0 Å². The van der Waals surface area contributed by atoms with E-state index in [9.17, 15) is 0 Å². The lowest BCUT2D eigenvalue weighted by Crippen LogP contribution is -2.39. The van der Waals surface area contributed by atoms with Gasteiger partial charge in [0.2, 0.25) is 6.61 Å². The van der Waals surface area contributed by atoms with Crippen molar-refractivity contribution in [1.82, 2.24) is 0 Å². The lowest BCUT2D eigenvalue weighted by atomic mass is 9.89. The molecule has 0 N–H and O–H groups in total. The van der Waals surface area contributed by atoms with Gasteiger partial charge in [-0.05, 0) is 31.1 Å².